The molecule has 0 aromatic carbocycles. The minimum atomic E-state index is -0.755. The molecule has 266 valence electrons. The predicted molar refractivity (Wildman–Crippen MR) is 182 cm³/mol. The second-order valence-electron chi connectivity index (χ2n) is 15.4. The predicted octanol–water partition coefficient (Wildman–Crippen LogP) is 3.75. The van der Waals surface area contributed by atoms with E-state index in [1.165, 1.54) is 7.11 Å². The Balaban J connectivity index is 1.80. The molecule has 0 aromatic rings. The summed E-state index contributed by atoms with van der Waals surface area (Å²) in [4.78, 5) is 75.0. The van der Waals surface area contributed by atoms with Gasteiger partial charge in [-0.05, 0) is 83.6 Å². The Morgan fingerprint density at radius 3 is 1.98 bits per heavy atom. The number of amides is 4. The molecular weight excluding hydrogens is 598 g/mol. The summed E-state index contributed by atoms with van der Waals surface area (Å²) in [6, 6.07) is -2.47. The Kier molecular flexibility index (Phi) is 13.5. The molecular formula is C36H61N5O6. The van der Waals surface area contributed by atoms with Crippen LogP contribution in [0, 0.1) is 11.3 Å². The van der Waals surface area contributed by atoms with Crippen molar-refractivity contribution >= 4 is 29.6 Å². The number of nitrogens with one attached hydrogen (secondary N) is 1. The lowest BCUT2D eigenvalue weighted by Gasteiger charge is -2.41. The number of ether oxygens (including phenoxy) is 1. The fourth-order valence-corrected chi connectivity index (χ4v) is 7.43. The van der Waals surface area contributed by atoms with Crippen LogP contribution in [-0.2, 0) is 28.7 Å². The van der Waals surface area contributed by atoms with Gasteiger partial charge in [-0.3, -0.25) is 24.1 Å². The van der Waals surface area contributed by atoms with E-state index in [4.69, 9.17) is 4.74 Å². The molecule has 11 heteroatoms. The van der Waals surface area contributed by atoms with E-state index in [1.807, 2.05) is 40.7 Å². The number of likely N-dealkylation sites (N-methyl/N-ethyl adjacent to an activating group) is 1. The highest BCUT2D eigenvalue weighted by molar-refractivity contribution is 5.98. The van der Waals surface area contributed by atoms with Gasteiger partial charge in [0, 0.05) is 31.8 Å². The molecule has 3 heterocycles. The molecule has 0 radical (unpaired) electrons. The van der Waals surface area contributed by atoms with Gasteiger partial charge in [0.05, 0.1) is 19.2 Å². The minimum Gasteiger partial charge on any atom is -0.467 e. The van der Waals surface area contributed by atoms with Crippen LogP contribution < -0.4 is 5.32 Å². The van der Waals surface area contributed by atoms with Crippen molar-refractivity contribution in [2.45, 2.75) is 143 Å². The van der Waals surface area contributed by atoms with Gasteiger partial charge >= 0.3 is 5.97 Å². The van der Waals surface area contributed by atoms with Gasteiger partial charge in [-0.1, -0.05) is 47.1 Å². The van der Waals surface area contributed by atoms with Crippen LogP contribution in [0.2, 0.25) is 0 Å². The van der Waals surface area contributed by atoms with Crippen molar-refractivity contribution in [1.29, 1.82) is 0 Å². The van der Waals surface area contributed by atoms with E-state index in [2.05, 4.69) is 24.1 Å². The number of carbonyl (C=O) groups is 5. The van der Waals surface area contributed by atoms with Crippen LogP contribution in [-0.4, -0.2) is 119 Å². The Hall–Kier alpha value is -2.95. The zero-order valence-corrected chi connectivity index (χ0v) is 30.6. The van der Waals surface area contributed by atoms with Crippen LogP contribution in [0.1, 0.15) is 107 Å². The Morgan fingerprint density at radius 2 is 1.40 bits per heavy atom. The van der Waals surface area contributed by atoms with E-state index >= 15 is 0 Å². The van der Waals surface area contributed by atoms with E-state index in [-0.39, 0.29) is 41.6 Å². The van der Waals surface area contributed by atoms with Gasteiger partial charge in [0.25, 0.3) is 0 Å². The highest BCUT2D eigenvalue weighted by atomic mass is 16.5. The molecule has 11 nitrogen and oxygen atoms in total. The van der Waals surface area contributed by atoms with Crippen LogP contribution in [0.15, 0.2) is 11.6 Å². The summed E-state index contributed by atoms with van der Waals surface area (Å²) >= 11 is 0. The van der Waals surface area contributed by atoms with Gasteiger partial charge in [-0.25, -0.2) is 4.79 Å². The number of esters is 1. The molecule has 0 saturated carbocycles. The number of hydrogen-bond donors (Lipinski definition) is 1. The molecule has 0 bridgehead atoms. The number of carbonyl (C=O) groups excluding carboxylic acids is 5. The molecule has 3 fully saturated rings. The van der Waals surface area contributed by atoms with Gasteiger partial charge in [-0.2, -0.15) is 0 Å². The van der Waals surface area contributed by atoms with E-state index in [0.29, 0.717) is 37.9 Å². The van der Waals surface area contributed by atoms with Crippen LogP contribution in [0.5, 0.6) is 0 Å². The number of hydrogen-bond acceptors (Lipinski definition) is 7. The number of nitrogens with zero attached hydrogens (tertiary/aromatic N) is 4. The van der Waals surface area contributed by atoms with Crippen LogP contribution in [0.3, 0.4) is 0 Å². The standard InChI is InChI=1S/C36H61N5O6/c1-23(2)29(38(9)34(45)30(36(6,7)8)37-31(42)26-16-11-13-19-39(26)24(3)4)22-25(5)32(43)40-21-15-18-27(40)33(44)41-20-14-12-17-28(41)35(46)47-10/h22-24,26-30H,11-21H2,1-10H3,(H,37,42)/b25-22+/t26?,27-,28-,29+,30+/m0/s1. The maximum Gasteiger partial charge on any atom is 0.328 e. The number of rotatable bonds is 10. The average Bonchev–Trinajstić information content (AvgIpc) is 3.53. The molecule has 47 heavy (non-hydrogen) atoms. The van der Waals surface area contributed by atoms with Crippen LogP contribution in [0.25, 0.3) is 0 Å². The summed E-state index contributed by atoms with van der Waals surface area (Å²) in [6.07, 6.45) is 8.08. The second-order valence-corrected chi connectivity index (χ2v) is 15.4. The zero-order chi connectivity index (χ0) is 35.2. The highest BCUT2D eigenvalue weighted by Gasteiger charge is 2.43. The lowest BCUT2D eigenvalue weighted by molar-refractivity contribution is -0.157. The lowest BCUT2D eigenvalue weighted by atomic mass is 9.84. The van der Waals surface area contributed by atoms with E-state index in [0.717, 1.165) is 38.6 Å². The first kappa shape index (κ1) is 38.5. The first-order valence-corrected chi connectivity index (χ1v) is 17.7. The molecule has 3 rings (SSSR count). The third kappa shape index (κ3) is 9.15. The van der Waals surface area contributed by atoms with Gasteiger partial charge in [-0.15, -0.1) is 0 Å². The maximum atomic E-state index is 14.2. The summed E-state index contributed by atoms with van der Waals surface area (Å²) < 4.78 is 4.98. The normalized spacial score (nSPS) is 24.3. The Bertz CT molecular complexity index is 1180. The van der Waals surface area contributed by atoms with Gasteiger partial charge in [0.15, 0.2) is 0 Å². The number of piperidine rings is 2. The Morgan fingerprint density at radius 1 is 0.830 bits per heavy atom. The minimum absolute atomic E-state index is 0.0250. The van der Waals surface area contributed by atoms with E-state index in [9.17, 15) is 24.0 Å². The topological polar surface area (TPSA) is 120 Å². The van der Waals surface area contributed by atoms with Crippen molar-refractivity contribution in [1.82, 2.24) is 24.9 Å². The van der Waals surface area contributed by atoms with Crippen LogP contribution >= 0.6 is 0 Å². The van der Waals surface area contributed by atoms with Gasteiger partial charge < -0.3 is 24.8 Å². The summed E-state index contributed by atoms with van der Waals surface area (Å²) in [5, 5.41) is 3.13. The fourth-order valence-electron chi connectivity index (χ4n) is 7.43. The smallest absolute Gasteiger partial charge is 0.328 e. The van der Waals surface area contributed by atoms with Gasteiger partial charge in [0.2, 0.25) is 23.6 Å². The third-order valence-corrected chi connectivity index (χ3v) is 10.2. The van der Waals surface area contributed by atoms with E-state index in [1.54, 1.807) is 28.7 Å². The summed E-state index contributed by atoms with van der Waals surface area (Å²) in [5.41, 5.74) is -0.0917. The summed E-state index contributed by atoms with van der Waals surface area (Å²) in [7, 11) is 3.07. The van der Waals surface area contributed by atoms with Crippen molar-refractivity contribution in [2.24, 2.45) is 11.3 Å². The first-order chi connectivity index (χ1) is 22.0. The quantitative estimate of drug-likeness (QED) is 0.280. The number of likely N-dealkylation sites (tertiary alicyclic amines) is 3. The largest absolute Gasteiger partial charge is 0.467 e. The molecule has 4 amide bonds. The molecule has 1 N–H and O–H groups in total. The van der Waals surface area contributed by atoms with Crippen molar-refractivity contribution in [2.75, 3.05) is 33.8 Å². The average molecular weight is 660 g/mol. The highest BCUT2D eigenvalue weighted by Crippen LogP contribution is 2.28. The number of methoxy groups -OCH3 is 1. The molecule has 1 unspecified atom stereocenters. The molecule has 3 saturated heterocycles. The molecule has 5 atom stereocenters. The van der Waals surface area contributed by atoms with Crippen molar-refractivity contribution in [3.63, 3.8) is 0 Å². The molecule has 0 spiro atoms. The Labute approximate surface area is 282 Å². The van der Waals surface area contributed by atoms with Crippen molar-refractivity contribution in [3.8, 4) is 0 Å². The third-order valence-electron chi connectivity index (χ3n) is 10.2. The molecule has 3 aliphatic heterocycles. The maximum absolute atomic E-state index is 14.2. The second kappa shape index (κ2) is 16.4. The lowest BCUT2D eigenvalue weighted by Crippen LogP contribution is -2.60. The zero-order valence-electron chi connectivity index (χ0n) is 30.6. The van der Waals surface area contributed by atoms with Crippen molar-refractivity contribution < 1.29 is 28.7 Å². The van der Waals surface area contributed by atoms with Crippen molar-refractivity contribution in [3.05, 3.63) is 11.6 Å². The summed E-state index contributed by atoms with van der Waals surface area (Å²) in [6.45, 7) is 17.6. The molecule has 0 aromatic heterocycles. The van der Waals surface area contributed by atoms with Gasteiger partial charge in [0.1, 0.15) is 18.1 Å². The fraction of sp³-hybridized carbons (Fsp3) is 0.806. The van der Waals surface area contributed by atoms with E-state index < -0.39 is 35.6 Å². The van der Waals surface area contributed by atoms with Crippen LogP contribution in [0.4, 0.5) is 0 Å². The molecule has 0 aliphatic carbocycles. The summed E-state index contributed by atoms with van der Waals surface area (Å²) in [5.74, 6) is -1.21. The SMILES string of the molecule is COC(=O)[C@@H]1CCCCN1C(=O)[C@@H]1CCCN1C(=O)/C(C)=C/[C@H](C(C)C)N(C)C(=O)[C@@H](NC(=O)C1CCCCN1C(C)C)C(C)(C)C. The molecule has 3 aliphatic rings. The monoisotopic (exact) mass is 659 g/mol. The first-order valence-electron chi connectivity index (χ1n) is 17.7.